The van der Waals surface area contributed by atoms with Gasteiger partial charge in [-0.15, -0.1) is 11.3 Å². The minimum Gasteiger partial charge on any atom is -0.379 e. The van der Waals surface area contributed by atoms with E-state index >= 15 is 0 Å². The van der Waals surface area contributed by atoms with Crippen LogP contribution in [0.4, 0.5) is 30.4 Å². The van der Waals surface area contributed by atoms with E-state index in [2.05, 4.69) is 25.6 Å². The molecule has 2 aromatic carbocycles. The monoisotopic (exact) mass is 471 g/mol. The van der Waals surface area contributed by atoms with Crippen molar-refractivity contribution in [2.45, 2.75) is 31.7 Å². The zero-order chi connectivity index (χ0) is 23.0. The number of benzene rings is 2. The van der Waals surface area contributed by atoms with Crippen molar-refractivity contribution in [3.8, 4) is 11.3 Å². The Balaban J connectivity index is 1.48. The van der Waals surface area contributed by atoms with Crippen molar-refractivity contribution in [2.24, 2.45) is 0 Å². The topological polar surface area (TPSA) is 72.0 Å². The third kappa shape index (κ3) is 4.62. The molecule has 0 aliphatic carbocycles. The van der Waals surface area contributed by atoms with Gasteiger partial charge in [-0.1, -0.05) is 6.07 Å². The molecule has 0 radical (unpaired) electrons. The number of hydrogen-bond acceptors (Lipinski definition) is 7. The molecule has 3 heterocycles. The summed E-state index contributed by atoms with van der Waals surface area (Å²) < 4.78 is 46.8. The Bertz CT molecular complexity index is 1290. The second-order valence-electron chi connectivity index (χ2n) is 7.82. The molecule has 1 aliphatic heterocycles. The van der Waals surface area contributed by atoms with Crippen molar-refractivity contribution in [3.63, 3.8) is 0 Å². The number of alkyl halides is 3. The van der Waals surface area contributed by atoms with Crippen LogP contribution in [0.1, 0.15) is 18.9 Å². The Hall–Kier alpha value is -3.24. The van der Waals surface area contributed by atoms with Gasteiger partial charge < -0.3 is 15.4 Å². The summed E-state index contributed by atoms with van der Waals surface area (Å²) in [7, 11) is 0. The van der Waals surface area contributed by atoms with Crippen molar-refractivity contribution in [1.82, 2.24) is 15.0 Å². The maximum absolute atomic E-state index is 13.4. The summed E-state index contributed by atoms with van der Waals surface area (Å²) in [4.78, 5) is 12.9. The molecule has 5 rings (SSSR count). The fourth-order valence-electron chi connectivity index (χ4n) is 3.84. The third-order valence-corrected chi connectivity index (χ3v) is 6.40. The Labute approximate surface area is 191 Å². The molecule has 1 aliphatic rings. The smallest absolute Gasteiger partial charge is 0.379 e. The fourth-order valence-corrected chi connectivity index (χ4v) is 4.55. The molecule has 170 valence electrons. The van der Waals surface area contributed by atoms with Crippen molar-refractivity contribution < 1.29 is 17.9 Å². The lowest BCUT2D eigenvalue weighted by Gasteiger charge is -2.21. The third-order valence-electron chi connectivity index (χ3n) is 5.61. The van der Waals surface area contributed by atoms with Crippen LogP contribution in [-0.4, -0.2) is 33.7 Å². The lowest BCUT2D eigenvalue weighted by atomic mass is 10.0. The number of rotatable bonds is 5. The zero-order valence-electron chi connectivity index (χ0n) is 17.6. The number of nitrogens with one attached hydrogen (secondary N) is 2. The highest BCUT2D eigenvalue weighted by Crippen LogP contribution is 2.37. The van der Waals surface area contributed by atoms with Crippen LogP contribution >= 0.6 is 11.3 Å². The summed E-state index contributed by atoms with van der Waals surface area (Å²) in [5, 5.41) is 6.48. The van der Waals surface area contributed by atoms with Gasteiger partial charge in [-0.05, 0) is 43.7 Å². The molecule has 1 fully saturated rings. The van der Waals surface area contributed by atoms with Crippen LogP contribution in [0.25, 0.3) is 21.5 Å². The molecule has 0 spiro atoms. The van der Waals surface area contributed by atoms with Crippen LogP contribution < -0.4 is 10.6 Å². The van der Waals surface area contributed by atoms with E-state index in [0.29, 0.717) is 35.8 Å². The zero-order valence-corrected chi connectivity index (χ0v) is 18.4. The Kier molecular flexibility index (Phi) is 5.63. The van der Waals surface area contributed by atoms with E-state index in [4.69, 9.17) is 4.74 Å². The lowest BCUT2D eigenvalue weighted by Crippen LogP contribution is -2.27. The highest BCUT2D eigenvalue weighted by molar-refractivity contribution is 7.16. The van der Waals surface area contributed by atoms with Crippen molar-refractivity contribution in [2.75, 3.05) is 17.2 Å². The molecule has 10 heteroatoms. The van der Waals surface area contributed by atoms with Crippen LogP contribution in [-0.2, 0) is 10.9 Å². The first kappa shape index (κ1) is 21.6. The van der Waals surface area contributed by atoms with Gasteiger partial charge in [0.2, 0.25) is 0 Å². The number of thiazole rings is 1. The summed E-state index contributed by atoms with van der Waals surface area (Å²) >= 11 is 1.54. The Morgan fingerprint density at radius 2 is 1.94 bits per heavy atom. The summed E-state index contributed by atoms with van der Waals surface area (Å²) in [6.07, 6.45) is -2.43. The SMILES string of the molecule is CC1OCCC1Nc1cc(C(F)(F)F)ccc1-c1cc(Nc2ccc3ncsc3c2)ncn1. The van der Waals surface area contributed by atoms with Crippen LogP contribution in [0.15, 0.2) is 54.3 Å². The number of anilines is 3. The fraction of sp³-hybridized carbons (Fsp3) is 0.261. The first-order valence-electron chi connectivity index (χ1n) is 10.4. The minimum absolute atomic E-state index is 0.0854. The second kappa shape index (κ2) is 8.60. The van der Waals surface area contributed by atoms with Crippen LogP contribution in [0.3, 0.4) is 0 Å². The predicted molar refractivity (Wildman–Crippen MR) is 123 cm³/mol. The van der Waals surface area contributed by atoms with Gasteiger partial charge in [0.05, 0.1) is 39.1 Å². The first-order valence-corrected chi connectivity index (χ1v) is 11.3. The largest absolute Gasteiger partial charge is 0.416 e. The highest BCUT2D eigenvalue weighted by atomic mass is 32.1. The van der Waals surface area contributed by atoms with E-state index in [0.717, 1.165) is 28.0 Å². The van der Waals surface area contributed by atoms with Gasteiger partial charge in [-0.2, -0.15) is 13.2 Å². The van der Waals surface area contributed by atoms with E-state index < -0.39 is 11.7 Å². The molecule has 6 nitrogen and oxygen atoms in total. The van der Waals surface area contributed by atoms with E-state index in [1.54, 1.807) is 11.6 Å². The summed E-state index contributed by atoms with van der Waals surface area (Å²) in [6.45, 7) is 2.48. The maximum atomic E-state index is 13.4. The molecule has 2 N–H and O–H groups in total. The molecule has 33 heavy (non-hydrogen) atoms. The standard InChI is InChI=1S/C23H20F3N5OS/c1-13-17(6-7-32-13)31-20-8-14(23(24,25)26)2-4-16(20)19-10-22(28-11-27-19)30-15-3-5-18-21(9-15)33-12-29-18/h2-5,8-13,17,31H,6-7H2,1H3,(H,27,28,30). The van der Waals surface area contributed by atoms with E-state index in [-0.39, 0.29) is 12.1 Å². The first-order chi connectivity index (χ1) is 15.9. The summed E-state index contributed by atoms with van der Waals surface area (Å²) in [5.41, 5.74) is 4.25. The number of halogens is 3. The Morgan fingerprint density at radius 3 is 2.73 bits per heavy atom. The van der Waals surface area contributed by atoms with Crippen LogP contribution in [0, 0.1) is 0 Å². The average Bonchev–Trinajstić information content (AvgIpc) is 3.42. The molecule has 2 atom stereocenters. The van der Waals surface area contributed by atoms with Gasteiger partial charge in [0.25, 0.3) is 0 Å². The van der Waals surface area contributed by atoms with E-state index in [1.807, 2.05) is 25.1 Å². The molecule has 0 bridgehead atoms. The minimum atomic E-state index is -4.44. The molecule has 0 amide bonds. The van der Waals surface area contributed by atoms with Gasteiger partial charge in [-0.25, -0.2) is 15.0 Å². The molecular formula is C23H20F3N5OS. The number of hydrogen-bond donors (Lipinski definition) is 2. The van der Waals surface area contributed by atoms with Crippen LogP contribution in [0.5, 0.6) is 0 Å². The molecule has 0 saturated carbocycles. The molecular weight excluding hydrogens is 451 g/mol. The molecule has 1 saturated heterocycles. The van der Waals surface area contributed by atoms with Gasteiger partial charge in [0.15, 0.2) is 0 Å². The van der Waals surface area contributed by atoms with Crippen molar-refractivity contribution in [3.05, 3.63) is 59.9 Å². The van der Waals surface area contributed by atoms with Gasteiger partial charge in [0, 0.05) is 29.6 Å². The predicted octanol–water partition coefficient (Wildman–Crippen LogP) is 6.11. The molecule has 2 unspecified atom stereocenters. The van der Waals surface area contributed by atoms with Gasteiger partial charge in [0.1, 0.15) is 12.1 Å². The van der Waals surface area contributed by atoms with E-state index in [1.165, 1.54) is 23.7 Å². The molecule has 4 aromatic rings. The number of fused-ring (bicyclic) bond motifs is 1. The van der Waals surface area contributed by atoms with Gasteiger partial charge >= 0.3 is 6.18 Å². The highest BCUT2D eigenvalue weighted by Gasteiger charge is 2.32. The van der Waals surface area contributed by atoms with Gasteiger partial charge in [-0.3, -0.25) is 0 Å². The number of nitrogens with zero attached hydrogens (tertiary/aromatic N) is 3. The number of aromatic nitrogens is 3. The van der Waals surface area contributed by atoms with Crippen molar-refractivity contribution in [1.29, 1.82) is 0 Å². The average molecular weight is 472 g/mol. The van der Waals surface area contributed by atoms with Crippen LogP contribution in [0.2, 0.25) is 0 Å². The normalized spacial score (nSPS) is 18.5. The van der Waals surface area contributed by atoms with E-state index in [9.17, 15) is 13.2 Å². The second-order valence-corrected chi connectivity index (χ2v) is 8.71. The Morgan fingerprint density at radius 1 is 1.06 bits per heavy atom. The summed E-state index contributed by atoms with van der Waals surface area (Å²) in [6, 6.07) is 11.1. The maximum Gasteiger partial charge on any atom is 0.416 e. The number of ether oxygens (including phenoxy) is 1. The lowest BCUT2D eigenvalue weighted by molar-refractivity contribution is -0.137. The van der Waals surface area contributed by atoms with Crippen molar-refractivity contribution >= 4 is 38.7 Å². The summed E-state index contributed by atoms with van der Waals surface area (Å²) in [5.74, 6) is 0.535. The quantitative estimate of drug-likeness (QED) is 0.366. The molecule has 2 aromatic heterocycles.